The van der Waals surface area contributed by atoms with Crippen LogP contribution in [0.2, 0.25) is 0 Å². The monoisotopic (exact) mass is 932 g/mol. The number of fused-ring (bicyclic) bond motifs is 4. The van der Waals surface area contributed by atoms with Gasteiger partial charge >= 0.3 is 5.69 Å². The third kappa shape index (κ3) is 7.90. The second kappa shape index (κ2) is 17.0. The maximum atomic E-state index is 16.1. The average Bonchev–Trinajstić information content (AvgIpc) is 4.17. The van der Waals surface area contributed by atoms with Gasteiger partial charge in [-0.2, -0.15) is 10.2 Å². The zero-order valence-corrected chi connectivity index (χ0v) is 36.9. The Morgan fingerprint density at radius 2 is 1.82 bits per heavy atom. The molecular weight excluding hydrogens is 881 g/mol. The highest BCUT2D eigenvalue weighted by molar-refractivity contribution is 6.08. The number of rotatable bonds is 10. The van der Waals surface area contributed by atoms with E-state index in [1.807, 2.05) is 20.8 Å². The van der Waals surface area contributed by atoms with Crippen molar-refractivity contribution >= 4 is 51.7 Å². The second-order valence-electron chi connectivity index (χ2n) is 19.0. The van der Waals surface area contributed by atoms with Crippen molar-refractivity contribution < 1.29 is 36.7 Å². The number of amides is 3. The van der Waals surface area contributed by atoms with Gasteiger partial charge in [-0.05, 0) is 63.0 Å². The van der Waals surface area contributed by atoms with E-state index in [4.69, 9.17) is 9.72 Å². The number of ether oxygens (including phenoxy) is 1. The van der Waals surface area contributed by atoms with Crippen molar-refractivity contribution in [3.63, 3.8) is 0 Å². The molecule has 10 heterocycles. The summed E-state index contributed by atoms with van der Waals surface area (Å²) in [4.78, 5) is 68.7. The number of anilines is 3. The van der Waals surface area contributed by atoms with Gasteiger partial charge in [-0.15, -0.1) is 0 Å². The number of alkyl halides is 4. The fraction of sp³-hybridized carbons (Fsp3) is 0.591. The fourth-order valence-electron chi connectivity index (χ4n) is 11.5. The lowest BCUT2D eigenvalue weighted by atomic mass is 9.85. The molecule has 5 saturated heterocycles. The predicted octanol–water partition coefficient (Wildman–Crippen LogP) is 3.38. The lowest BCUT2D eigenvalue weighted by Crippen LogP contribution is -2.62. The van der Waals surface area contributed by atoms with Gasteiger partial charge < -0.3 is 19.9 Å². The Kier molecular flexibility index (Phi) is 11.1. The summed E-state index contributed by atoms with van der Waals surface area (Å²) in [6, 6.07) is 1.77. The van der Waals surface area contributed by atoms with Crippen LogP contribution in [0.4, 0.5) is 34.9 Å². The molecule has 23 heteroatoms. The first-order valence-corrected chi connectivity index (χ1v) is 23.2. The number of hydrogen-bond acceptors (Lipinski definition) is 13. The number of morpholine rings is 1. The Labute approximate surface area is 381 Å². The van der Waals surface area contributed by atoms with Crippen LogP contribution in [0.5, 0.6) is 0 Å². The van der Waals surface area contributed by atoms with Gasteiger partial charge in [0.15, 0.2) is 17.2 Å². The van der Waals surface area contributed by atoms with Crippen molar-refractivity contribution in [1.82, 2.24) is 53.6 Å². The molecule has 5 aliphatic heterocycles. The van der Waals surface area contributed by atoms with Crippen LogP contribution in [-0.4, -0.2) is 149 Å². The number of nitrogens with zero attached hydrogens (tertiary/aromatic N) is 12. The van der Waals surface area contributed by atoms with Gasteiger partial charge in [0, 0.05) is 77.9 Å². The summed E-state index contributed by atoms with van der Waals surface area (Å²) in [5.74, 6) is -3.08. The number of imidazole rings is 1. The Bertz CT molecular complexity index is 2790. The molecule has 0 radical (unpaired) electrons. The molecule has 0 aromatic carbocycles. The number of aromatic nitrogens is 8. The first kappa shape index (κ1) is 43.6. The van der Waals surface area contributed by atoms with Crippen LogP contribution in [0.1, 0.15) is 85.9 Å². The van der Waals surface area contributed by atoms with Crippen LogP contribution in [0.15, 0.2) is 41.7 Å². The lowest BCUT2D eigenvalue weighted by molar-refractivity contribution is -0.135. The van der Waals surface area contributed by atoms with E-state index >= 15 is 8.78 Å². The molecule has 3 amide bonds. The maximum absolute atomic E-state index is 16.1. The van der Waals surface area contributed by atoms with Crippen LogP contribution < -0.4 is 26.1 Å². The Balaban J connectivity index is 0.684. The topological polar surface area (TPSA) is 185 Å². The summed E-state index contributed by atoms with van der Waals surface area (Å²) in [6.45, 7) is 3.61. The van der Waals surface area contributed by atoms with E-state index in [1.165, 1.54) is 30.7 Å². The molecule has 6 aliphatic rings. The van der Waals surface area contributed by atoms with Crippen LogP contribution in [0.3, 0.4) is 0 Å². The van der Waals surface area contributed by atoms with Gasteiger partial charge in [0.05, 0.1) is 54.8 Å². The van der Waals surface area contributed by atoms with E-state index in [-0.39, 0.29) is 60.6 Å². The summed E-state index contributed by atoms with van der Waals surface area (Å²) >= 11 is 0. The van der Waals surface area contributed by atoms with Gasteiger partial charge in [0.1, 0.15) is 22.9 Å². The summed E-state index contributed by atoms with van der Waals surface area (Å²) in [5, 5.41) is 13.5. The minimum absolute atomic E-state index is 0.0825. The highest BCUT2D eigenvalue weighted by Gasteiger charge is 2.48. The summed E-state index contributed by atoms with van der Waals surface area (Å²) in [5.41, 5.74) is 0.512. The number of nitrogens with one attached hydrogen (secondary N) is 2. The molecule has 67 heavy (non-hydrogen) atoms. The molecule has 4 atom stereocenters. The lowest BCUT2D eigenvalue weighted by Gasteiger charge is -2.47. The standard InChI is InChI=1S/C44H52F4N14O5/c1-55-37-31(62(43(55)66)32-6-7-35(63)53-42(32)65)8-11-49-40(37)58-16-14-57(15-17-58)33-9-12-56(24-44(33,47)48)20-25-2-4-26(5-3-25)61-22-30(36(54-61)38(45)46)51-41(64)29-19-50-60-13-10-34(52-39(29)60)59-21-28-18-27(59)23-67-28/h8,10-11,13,19,22,25-28,32-33,38H,2-7,9,12,14-18,20-21,23-24H2,1H3,(H,51,64)(H,53,63,65)/t25-,26-,27-,28-,32?,33+/m1/s1. The summed E-state index contributed by atoms with van der Waals surface area (Å²) < 4.78 is 72.4. The molecule has 1 aliphatic carbocycles. The first-order valence-electron chi connectivity index (χ1n) is 23.2. The molecule has 6 fully saturated rings. The van der Waals surface area contributed by atoms with Crippen LogP contribution in [0, 0.1) is 5.92 Å². The highest BCUT2D eigenvalue weighted by atomic mass is 19.3. The van der Waals surface area contributed by atoms with Gasteiger partial charge in [-0.25, -0.2) is 36.8 Å². The molecule has 11 rings (SSSR count). The molecule has 0 spiro atoms. The van der Waals surface area contributed by atoms with E-state index in [1.54, 1.807) is 25.5 Å². The minimum atomic E-state index is -2.95. The van der Waals surface area contributed by atoms with Crippen LogP contribution >= 0.6 is 0 Å². The number of carbonyl (C=O) groups excluding carboxylic acids is 3. The predicted molar refractivity (Wildman–Crippen MR) is 235 cm³/mol. The summed E-state index contributed by atoms with van der Waals surface area (Å²) in [7, 11) is 1.62. The van der Waals surface area contributed by atoms with E-state index < -0.39 is 47.6 Å². The SMILES string of the molecule is Cn1c(=O)n(C2CCC(=O)NC2=O)c2ccnc(N3CCN([C@H]4CCN(C[C@H]5CC[C@H](n6cc(NC(=O)c7cnn8ccc(N9C[C@H]%10C[C@@H]9CO%10)nc78)c(C(F)F)n6)CC5)CC4(F)F)CC3)c21. The van der Waals surface area contributed by atoms with E-state index in [9.17, 15) is 28.0 Å². The summed E-state index contributed by atoms with van der Waals surface area (Å²) in [6.07, 6.45) is 7.59. The van der Waals surface area contributed by atoms with Crippen molar-refractivity contribution in [2.24, 2.45) is 13.0 Å². The maximum Gasteiger partial charge on any atom is 0.329 e. The fourth-order valence-corrected chi connectivity index (χ4v) is 11.5. The zero-order valence-electron chi connectivity index (χ0n) is 36.9. The molecule has 356 valence electrons. The minimum Gasteiger partial charge on any atom is -0.374 e. The van der Waals surface area contributed by atoms with Gasteiger partial charge in [0.2, 0.25) is 11.8 Å². The quantitative estimate of drug-likeness (QED) is 0.154. The van der Waals surface area contributed by atoms with Crippen molar-refractivity contribution in [3.8, 4) is 0 Å². The smallest absolute Gasteiger partial charge is 0.329 e. The first-order chi connectivity index (χ1) is 32.3. The number of piperidine rings is 2. The van der Waals surface area contributed by atoms with Crippen LogP contribution in [-0.2, 0) is 21.4 Å². The number of carbonyl (C=O) groups is 3. The Morgan fingerprint density at radius 1 is 1.01 bits per heavy atom. The molecule has 2 bridgehead atoms. The molecule has 1 unspecified atom stereocenters. The average molecular weight is 933 g/mol. The highest BCUT2D eigenvalue weighted by Crippen LogP contribution is 2.39. The number of imide groups is 1. The molecular formula is C44H52F4N14O5. The van der Waals surface area contributed by atoms with Gasteiger partial charge in [-0.3, -0.25) is 43.3 Å². The number of halogens is 4. The molecule has 5 aromatic heterocycles. The largest absolute Gasteiger partial charge is 0.374 e. The molecule has 5 aromatic rings. The number of pyridine rings is 1. The Morgan fingerprint density at radius 3 is 2.54 bits per heavy atom. The van der Waals surface area contributed by atoms with Crippen molar-refractivity contribution in [2.75, 3.05) is 74.1 Å². The normalized spacial score (nSPS) is 27.2. The zero-order chi connectivity index (χ0) is 46.3. The second-order valence-corrected chi connectivity index (χ2v) is 19.0. The van der Waals surface area contributed by atoms with E-state index in [0.717, 1.165) is 6.42 Å². The molecule has 2 N–H and O–H groups in total. The van der Waals surface area contributed by atoms with Crippen molar-refractivity contribution in [3.05, 3.63) is 58.7 Å². The van der Waals surface area contributed by atoms with Crippen molar-refractivity contribution in [2.45, 2.75) is 94.0 Å². The van der Waals surface area contributed by atoms with E-state index in [0.29, 0.717) is 113 Å². The Hall–Kier alpha value is -5.94. The van der Waals surface area contributed by atoms with E-state index in [2.05, 4.69) is 30.7 Å². The van der Waals surface area contributed by atoms with Crippen molar-refractivity contribution in [1.29, 1.82) is 0 Å². The van der Waals surface area contributed by atoms with Gasteiger partial charge in [-0.1, -0.05) is 0 Å². The van der Waals surface area contributed by atoms with Crippen LogP contribution in [0.25, 0.3) is 16.7 Å². The number of hydrogen-bond donors (Lipinski definition) is 2. The number of likely N-dealkylation sites (tertiary alicyclic amines) is 1. The third-order valence-electron chi connectivity index (χ3n) is 14.9. The number of aryl methyl sites for hydroxylation is 1. The van der Waals surface area contributed by atoms with Gasteiger partial charge in [0.25, 0.3) is 18.3 Å². The number of piperazine rings is 1. The third-order valence-corrected chi connectivity index (χ3v) is 14.9. The molecule has 1 saturated carbocycles. The molecule has 19 nitrogen and oxygen atoms in total.